The molecule has 5 heteroatoms. The van der Waals surface area contributed by atoms with Gasteiger partial charge < -0.3 is 19.7 Å². The molecule has 2 N–H and O–H groups in total. The van der Waals surface area contributed by atoms with Gasteiger partial charge in [-0.15, -0.1) is 0 Å². The smallest absolute Gasteiger partial charge is 0.213 e. The number of hydrogen-bond acceptors (Lipinski definition) is 4. The fraction of sp³-hybridized carbons (Fsp3) is 0.211. The van der Waals surface area contributed by atoms with Gasteiger partial charge in [-0.25, -0.2) is 0 Å². The summed E-state index contributed by atoms with van der Waals surface area (Å²) in [7, 11) is 3.09. The number of ether oxygens (including phenoxy) is 2. The van der Waals surface area contributed by atoms with Gasteiger partial charge in [0, 0.05) is 17.9 Å². The number of methoxy groups -OCH3 is 2. The van der Waals surface area contributed by atoms with Gasteiger partial charge in [-0.2, -0.15) is 4.57 Å². The Kier molecular flexibility index (Phi) is 3.23. The molecule has 2 aromatic carbocycles. The van der Waals surface area contributed by atoms with Crippen LogP contribution in [-0.2, 0) is 13.0 Å². The van der Waals surface area contributed by atoms with E-state index in [4.69, 9.17) is 9.47 Å². The summed E-state index contributed by atoms with van der Waals surface area (Å²) in [6.45, 7) is 0.827. The molecule has 0 radical (unpaired) electrons. The third-order valence-corrected chi connectivity index (χ3v) is 4.58. The highest BCUT2D eigenvalue weighted by atomic mass is 16.5. The highest BCUT2D eigenvalue weighted by Gasteiger charge is 2.25. The van der Waals surface area contributed by atoms with Crippen molar-refractivity contribution in [2.75, 3.05) is 14.2 Å². The molecule has 0 spiro atoms. The van der Waals surface area contributed by atoms with Crippen LogP contribution in [0.4, 0.5) is 0 Å². The number of aromatic nitrogens is 1. The van der Waals surface area contributed by atoms with Crippen molar-refractivity contribution in [2.24, 2.45) is 0 Å². The molecule has 0 bridgehead atoms. The molecular formula is C19H18NO4+. The van der Waals surface area contributed by atoms with E-state index in [0.717, 1.165) is 40.6 Å². The van der Waals surface area contributed by atoms with Crippen LogP contribution in [0, 0.1) is 0 Å². The van der Waals surface area contributed by atoms with Crippen LogP contribution in [0.25, 0.3) is 22.0 Å². The van der Waals surface area contributed by atoms with Crippen molar-refractivity contribution >= 4 is 10.8 Å². The normalized spacial score (nSPS) is 12.6. The number of phenolic OH excluding ortho intramolecular Hbond substituents is 2. The molecule has 0 aliphatic carbocycles. The van der Waals surface area contributed by atoms with Gasteiger partial charge in [0.15, 0.2) is 35.7 Å². The minimum absolute atomic E-state index is 0.120. The van der Waals surface area contributed by atoms with E-state index in [1.165, 1.54) is 0 Å². The first-order valence-electron chi connectivity index (χ1n) is 7.75. The zero-order chi connectivity index (χ0) is 16.8. The summed E-state index contributed by atoms with van der Waals surface area (Å²) in [5, 5.41) is 22.0. The van der Waals surface area contributed by atoms with E-state index in [1.54, 1.807) is 26.4 Å². The predicted molar refractivity (Wildman–Crippen MR) is 89.7 cm³/mol. The Balaban J connectivity index is 1.96. The largest absolute Gasteiger partial charge is 0.504 e. The molecule has 2 heterocycles. The van der Waals surface area contributed by atoms with Crippen molar-refractivity contribution in [1.29, 1.82) is 0 Å². The van der Waals surface area contributed by atoms with Crippen molar-refractivity contribution < 1.29 is 24.3 Å². The summed E-state index contributed by atoms with van der Waals surface area (Å²) >= 11 is 0. The van der Waals surface area contributed by atoms with Gasteiger partial charge in [0.05, 0.1) is 19.8 Å². The van der Waals surface area contributed by atoms with E-state index in [1.807, 2.05) is 18.2 Å². The Morgan fingerprint density at radius 2 is 1.58 bits per heavy atom. The first-order valence-corrected chi connectivity index (χ1v) is 7.75. The van der Waals surface area contributed by atoms with Crippen LogP contribution in [0.3, 0.4) is 0 Å². The summed E-state index contributed by atoms with van der Waals surface area (Å²) in [5.74, 6) is 1.20. The maximum atomic E-state index is 10.0. The van der Waals surface area contributed by atoms with Crippen molar-refractivity contribution in [2.45, 2.75) is 13.0 Å². The van der Waals surface area contributed by atoms with E-state index in [-0.39, 0.29) is 11.5 Å². The van der Waals surface area contributed by atoms with Crippen molar-refractivity contribution in [3.63, 3.8) is 0 Å². The molecule has 1 aliphatic rings. The summed E-state index contributed by atoms with van der Waals surface area (Å²) in [4.78, 5) is 0. The maximum Gasteiger partial charge on any atom is 0.213 e. The summed E-state index contributed by atoms with van der Waals surface area (Å²) < 4.78 is 12.6. The highest BCUT2D eigenvalue weighted by molar-refractivity contribution is 5.87. The molecular weight excluding hydrogens is 306 g/mol. The number of rotatable bonds is 2. The van der Waals surface area contributed by atoms with Crippen molar-refractivity contribution in [3.8, 4) is 34.3 Å². The van der Waals surface area contributed by atoms with Gasteiger partial charge in [0.2, 0.25) is 5.69 Å². The number of phenols is 2. The van der Waals surface area contributed by atoms with Gasteiger partial charge in [-0.3, -0.25) is 0 Å². The molecule has 24 heavy (non-hydrogen) atoms. The second-order valence-corrected chi connectivity index (χ2v) is 5.94. The number of aryl methyl sites for hydroxylation is 2. The molecule has 0 saturated heterocycles. The van der Waals surface area contributed by atoms with Crippen molar-refractivity contribution in [1.82, 2.24) is 0 Å². The standard InChI is InChI=1S/C19H17NO4/c1-23-18-8-13-10-20-4-3-11-6-16(21)19(24-2)9-14(11)15(20)5-12(13)7-17(18)22/h5-10H,3-4H2,1-2H3,(H,21,22)/p+1. The van der Waals surface area contributed by atoms with Crippen molar-refractivity contribution in [3.05, 3.63) is 42.1 Å². The lowest BCUT2D eigenvalue weighted by Gasteiger charge is -2.17. The summed E-state index contributed by atoms with van der Waals surface area (Å²) in [6.07, 6.45) is 2.90. The molecule has 1 aromatic heterocycles. The molecule has 122 valence electrons. The van der Waals surface area contributed by atoms with E-state index in [9.17, 15) is 10.2 Å². The average molecular weight is 324 g/mol. The molecule has 3 aromatic rings. The fourth-order valence-corrected chi connectivity index (χ4v) is 3.35. The lowest BCUT2D eigenvalue weighted by Crippen LogP contribution is -2.39. The van der Waals surface area contributed by atoms with E-state index in [0.29, 0.717) is 11.5 Å². The monoisotopic (exact) mass is 324 g/mol. The van der Waals surface area contributed by atoms with Crippen LogP contribution in [0.1, 0.15) is 5.56 Å². The lowest BCUT2D eigenvalue weighted by atomic mass is 9.95. The van der Waals surface area contributed by atoms with E-state index < -0.39 is 0 Å². The van der Waals surface area contributed by atoms with Gasteiger partial charge in [0.1, 0.15) is 0 Å². The predicted octanol–water partition coefficient (Wildman–Crippen LogP) is 2.78. The number of benzene rings is 2. The number of aromatic hydroxyl groups is 2. The molecule has 0 atom stereocenters. The highest BCUT2D eigenvalue weighted by Crippen LogP contribution is 2.38. The molecule has 5 nitrogen and oxygen atoms in total. The number of fused-ring (bicyclic) bond motifs is 4. The maximum absolute atomic E-state index is 10.0. The van der Waals surface area contributed by atoms with Crippen LogP contribution >= 0.6 is 0 Å². The molecule has 4 rings (SSSR count). The summed E-state index contributed by atoms with van der Waals surface area (Å²) in [5.41, 5.74) is 3.16. The first kappa shape index (κ1) is 14.6. The Bertz CT molecular complexity index is 965. The molecule has 0 fully saturated rings. The van der Waals surface area contributed by atoms with E-state index in [2.05, 4.69) is 10.8 Å². The fourth-order valence-electron chi connectivity index (χ4n) is 3.35. The lowest BCUT2D eigenvalue weighted by molar-refractivity contribution is -0.686. The topological polar surface area (TPSA) is 62.8 Å². The first-order chi connectivity index (χ1) is 11.6. The average Bonchev–Trinajstić information content (AvgIpc) is 2.59. The third kappa shape index (κ3) is 2.12. The van der Waals surface area contributed by atoms with Gasteiger partial charge in [-0.1, -0.05) is 0 Å². The quantitative estimate of drug-likeness (QED) is 0.712. The molecule has 0 unspecified atom stereocenters. The van der Waals surface area contributed by atoms with Gasteiger partial charge in [0.25, 0.3) is 0 Å². The minimum atomic E-state index is 0.120. The number of hydrogen-bond donors (Lipinski definition) is 2. The molecule has 0 amide bonds. The van der Waals surface area contributed by atoms with Crippen LogP contribution < -0.4 is 14.0 Å². The third-order valence-electron chi connectivity index (χ3n) is 4.58. The molecule has 1 aliphatic heterocycles. The zero-order valence-corrected chi connectivity index (χ0v) is 13.5. The number of pyridine rings is 1. The van der Waals surface area contributed by atoms with Gasteiger partial charge >= 0.3 is 0 Å². The zero-order valence-electron chi connectivity index (χ0n) is 13.5. The Labute approximate surface area is 139 Å². The SMILES string of the molecule is COc1cc2c(cc1O)CC[n+]1cc3cc(OC)c(O)cc3cc1-2. The second kappa shape index (κ2) is 5.30. The minimum Gasteiger partial charge on any atom is -0.504 e. The van der Waals surface area contributed by atoms with Crippen LogP contribution in [0.5, 0.6) is 23.0 Å². The van der Waals surface area contributed by atoms with Gasteiger partial charge in [-0.05, 0) is 35.2 Å². The van der Waals surface area contributed by atoms with Crippen LogP contribution in [0.15, 0.2) is 36.5 Å². The molecule has 0 saturated carbocycles. The van der Waals surface area contributed by atoms with Crippen LogP contribution in [-0.4, -0.2) is 24.4 Å². The Morgan fingerprint density at radius 1 is 0.875 bits per heavy atom. The van der Waals surface area contributed by atoms with E-state index >= 15 is 0 Å². The Morgan fingerprint density at radius 3 is 2.33 bits per heavy atom. The van der Waals surface area contributed by atoms with Crippen LogP contribution in [0.2, 0.25) is 0 Å². The Hall–Kier alpha value is -2.95. The number of nitrogens with zero attached hydrogens (tertiary/aromatic N) is 1. The summed E-state index contributed by atoms with van der Waals surface area (Å²) in [6, 6.07) is 9.23. The second-order valence-electron chi connectivity index (χ2n) is 5.94.